The third-order valence-corrected chi connectivity index (χ3v) is 4.98. The second kappa shape index (κ2) is 9.14. The molecule has 0 spiro atoms. The van der Waals surface area contributed by atoms with Gasteiger partial charge in [-0.2, -0.15) is 0 Å². The highest BCUT2D eigenvalue weighted by molar-refractivity contribution is 5.98. The topological polar surface area (TPSA) is 46.2 Å². The molecular weight excluding hydrogens is 346 g/mol. The molecule has 0 aliphatic rings. The SMILES string of the molecule is Cc1ccc(C(=O)CCC(=O)NC(c2ccccc2)c2ccccc2)cc1C. The Labute approximate surface area is 166 Å². The molecule has 3 nitrogen and oxygen atoms in total. The van der Waals surface area contributed by atoms with Gasteiger partial charge in [-0.15, -0.1) is 0 Å². The molecule has 0 heterocycles. The lowest BCUT2D eigenvalue weighted by Crippen LogP contribution is -2.29. The van der Waals surface area contributed by atoms with E-state index in [1.165, 1.54) is 0 Å². The highest BCUT2D eigenvalue weighted by atomic mass is 16.2. The van der Waals surface area contributed by atoms with Gasteiger partial charge in [-0.25, -0.2) is 0 Å². The van der Waals surface area contributed by atoms with E-state index in [0.717, 1.165) is 22.3 Å². The van der Waals surface area contributed by atoms with Crippen LogP contribution in [-0.2, 0) is 4.79 Å². The van der Waals surface area contributed by atoms with Crippen molar-refractivity contribution in [3.05, 3.63) is 107 Å². The highest BCUT2D eigenvalue weighted by Gasteiger charge is 2.17. The maximum atomic E-state index is 12.6. The van der Waals surface area contributed by atoms with Crippen LogP contribution in [0.15, 0.2) is 78.9 Å². The first-order valence-corrected chi connectivity index (χ1v) is 9.54. The molecule has 3 aromatic carbocycles. The summed E-state index contributed by atoms with van der Waals surface area (Å²) in [5.41, 5.74) is 4.94. The lowest BCUT2D eigenvalue weighted by molar-refractivity contribution is -0.121. The zero-order valence-corrected chi connectivity index (χ0v) is 16.3. The Morgan fingerprint density at radius 1 is 0.750 bits per heavy atom. The molecule has 0 bridgehead atoms. The number of benzene rings is 3. The molecule has 3 heteroatoms. The number of rotatable bonds is 7. The van der Waals surface area contributed by atoms with Gasteiger partial charge < -0.3 is 5.32 Å². The van der Waals surface area contributed by atoms with E-state index in [1.54, 1.807) is 0 Å². The van der Waals surface area contributed by atoms with Gasteiger partial charge >= 0.3 is 0 Å². The molecule has 0 aromatic heterocycles. The Balaban J connectivity index is 1.67. The van der Waals surface area contributed by atoms with Gasteiger partial charge in [0.1, 0.15) is 0 Å². The number of hydrogen-bond acceptors (Lipinski definition) is 2. The van der Waals surface area contributed by atoms with Crippen molar-refractivity contribution in [3.8, 4) is 0 Å². The average Bonchev–Trinajstić information content (AvgIpc) is 2.73. The summed E-state index contributed by atoms with van der Waals surface area (Å²) < 4.78 is 0. The molecule has 0 aliphatic heterocycles. The van der Waals surface area contributed by atoms with Gasteiger partial charge in [-0.05, 0) is 42.2 Å². The van der Waals surface area contributed by atoms with Crippen LogP contribution in [0.4, 0.5) is 0 Å². The molecule has 0 aliphatic carbocycles. The summed E-state index contributed by atoms with van der Waals surface area (Å²) in [5.74, 6) is -0.135. The standard InChI is InChI=1S/C25H25NO2/c1-18-13-14-22(17-19(18)2)23(27)15-16-24(28)26-25(20-9-5-3-6-10-20)21-11-7-4-8-12-21/h3-14,17,25H,15-16H2,1-2H3,(H,26,28). The van der Waals surface area contributed by atoms with Crippen molar-refractivity contribution in [1.29, 1.82) is 0 Å². The van der Waals surface area contributed by atoms with Gasteiger partial charge in [0, 0.05) is 18.4 Å². The van der Waals surface area contributed by atoms with Gasteiger partial charge in [0.25, 0.3) is 0 Å². The van der Waals surface area contributed by atoms with Crippen molar-refractivity contribution in [2.75, 3.05) is 0 Å². The number of ketones is 1. The van der Waals surface area contributed by atoms with Crippen LogP contribution in [0.5, 0.6) is 0 Å². The molecule has 0 radical (unpaired) electrons. The van der Waals surface area contributed by atoms with Crippen LogP contribution < -0.4 is 5.32 Å². The molecule has 3 aromatic rings. The fourth-order valence-corrected chi connectivity index (χ4v) is 3.17. The molecule has 1 N–H and O–H groups in total. The predicted octanol–water partition coefficient (Wildman–Crippen LogP) is 5.17. The van der Waals surface area contributed by atoms with Crippen LogP contribution in [0.2, 0.25) is 0 Å². The number of aryl methyl sites for hydroxylation is 2. The number of carbonyl (C=O) groups is 2. The second-order valence-electron chi connectivity index (χ2n) is 7.04. The van der Waals surface area contributed by atoms with E-state index in [2.05, 4.69) is 5.32 Å². The molecule has 3 rings (SSSR count). The normalized spacial score (nSPS) is 10.7. The zero-order valence-electron chi connectivity index (χ0n) is 16.3. The maximum absolute atomic E-state index is 12.6. The van der Waals surface area contributed by atoms with E-state index in [1.807, 2.05) is 92.7 Å². The van der Waals surface area contributed by atoms with Crippen molar-refractivity contribution in [3.63, 3.8) is 0 Å². The van der Waals surface area contributed by atoms with Crippen LogP contribution >= 0.6 is 0 Å². The van der Waals surface area contributed by atoms with Crippen LogP contribution in [0.3, 0.4) is 0 Å². The molecule has 0 atom stereocenters. The first kappa shape index (κ1) is 19.6. The highest BCUT2D eigenvalue weighted by Crippen LogP contribution is 2.22. The minimum atomic E-state index is -0.230. The molecular formula is C25H25NO2. The van der Waals surface area contributed by atoms with Gasteiger partial charge in [0.15, 0.2) is 5.78 Å². The van der Waals surface area contributed by atoms with Gasteiger partial charge in [0.05, 0.1) is 6.04 Å². The minimum Gasteiger partial charge on any atom is -0.345 e. The number of carbonyl (C=O) groups excluding carboxylic acids is 2. The third-order valence-electron chi connectivity index (χ3n) is 4.98. The smallest absolute Gasteiger partial charge is 0.221 e. The number of hydrogen-bond donors (Lipinski definition) is 1. The summed E-state index contributed by atoms with van der Waals surface area (Å²) in [6.07, 6.45) is 0.368. The van der Waals surface area contributed by atoms with Crippen molar-refractivity contribution in [2.45, 2.75) is 32.7 Å². The maximum Gasteiger partial charge on any atom is 0.221 e. The van der Waals surface area contributed by atoms with Crippen molar-refractivity contribution < 1.29 is 9.59 Å². The van der Waals surface area contributed by atoms with E-state index >= 15 is 0 Å². The van der Waals surface area contributed by atoms with Crippen molar-refractivity contribution in [1.82, 2.24) is 5.32 Å². The second-order valence-corrected chi connectivity index (χ2v) is 7.04. The summed E-state index contributed by atoms with van der Waals surface area (Å²) in [4.78, 5) is 25.1. The molecule has 1 amide bonds. The van der Waals surface area contributed by atoms with E-state index in [9.17, 15) is 9.59 Å². The average molecular weight is 371 g/mol. The van der Waals surface area contributed by atoms with Crippen LogP contribution in [0.25, 0.3) is 0 Å². The van der Waals surface area contributed by atoms with Gasteiger partial charge in [0.2, 0.25) is 5.91 Å². The fraction of sp³-hybridized carbons (Fsp3) is 0.200. The summed E-state index contributed by atoms with van der Waals surface area (Å²) in [6.45, 7) is 4.01. The summed E-state index contributed by atoms with van der Waals surface area (Å²) >= 11 is 0. The Hall–Kier alpha value is -3.20. The Bertz CT molecular complexity index is 909. The quantitative estimate of drug-likeness (QED) is 0.582. The fourth-order valence-electron chi connectivity index (χ4n) is 3.17. The first-order chi connectivity index (χ1) is 13.5. The number of nitrogens with one attached hydrogen (secondary N) is 1. The molecule has 142 valence electrons. The van der Waals surface area contributed by atoms with Crippen LogP contribution in [0, 0.1) is 13.8 Å². The van der Waals surface area contributed by atoms with Crippen LogP contribution in [-0.4, -0.2) is 11.7 Å². The van der Waals surface area contributed by atoms with Crippen molar-refractivity contribution >= 4 is 11.7 Å². The summed E-state index contributed by atoms with van der Waals surface area (Å²) in [5, 5.41) is 3.09. The predicted molar refractivity (Wildman–Crippen MR) is 112 cm³/mol. The van der Waals surface area contributed by atoms with E-state index < -0.39 is 0 Å². The van der Waals surface area contributed by atoms with Gasteiger partial charge in [-0.3, -0.25) is 9.59 Å². The molecule has 0 saturated heterocycles. The molecule has 28 heavy (non-hydrogen) atoms. The van der Waals surface area contributed by atoms with E-state index in [-0.39, 0.29) is 30.6 Å². The summed E-state index contributed by atoms with van der Waals surface area (Å²) in [6, 6.07) is 25.2. The molecule has 0 saturated carbocycles. The zero-order chi connectivity index (χ0) is 19.9. The van der Waals surface area contributed by atoms with E-state index in [4.69, 9.17) is 0 Å². The third kappa shape index (κ3) is 4.95. The lowest BCUT2D eigenvalue weighted by atomic mass is 9.98. The summed E-state index contributed by atoms with van der Waals surface area (Å²) in [7, 11) is 0. The molecule has 0 unspecified atom stereocenters. The van der Waals surface area contributed by atoms with E-state index in [0.29, 0.717) is 5.56 Å². The van der Waals surface area contributed by atoms with Crippen molar-refractivity contribution in [2.24, 2.45) is 0 Å². The Kier molecular flexibility index (Phi) is 6.38. The Morgan fingerprint density at radius 3 is 1.86 bits per heavy atom. The first-order valence-electron chi connectivity index (χ1n) is 9.54. The largest absolute Gasteiger partial charge is 0.345 e. The number of amides is 1. The minimum absolute atomic E-state index is 0.00535. The molecule has 0 fully saturated rings. The van der Waals surface area contributed by atoms with Crippen LogP contribution in [0.1, 0.15) is 51.5 Å². The number of Topliss-reactive ketones (excluding diaryl/α,β-unsaturated/α-hetero) is 1. The monoisotopic (exact) mass is 371 g/mol. The van der Waals surface area contributed by atoms with Gasteiger partial charge in [-0.1, -0.05) is 72.8 Å². The lowest BCUT2D eigenvalue weighted by Gasteiger charge is -2.20. The Morgan fingerprint density at radius 2 is 1.32 bits per heavy atom.